The molecule has 0 amide bonds. The van der Waals surface area contributed by atoms with E-state index in [0.29, 0.717) is 31.6 Å². The Hall–Kier alpha value is -3.52. The van der Waals surface area contributed by atoms with Crippen LogP contribution in [-0.2, 0) is 5.41 Å². The zero-order valence-corrected chi connectivity index (χ0v) is 23.9. The molecule has 194 valence electrons. The summed E-state index contributed by atoms with van der Waals surface area (Å²) in [5, 5.41) is 2.01. The summed E-state index contributed by atoms with van der Waals surface area (Å²) in [6.07, 6.45) is -1.39. The Morgan fingerprint density at radius 1 is 0.923 bits per heavy atom. The molecule has 0 bridgehead atoms. The van der Waals surface area contributed by atoms with E-state index in [-0.39, 0.29) is 28.3 Å². The summed E-state index contributed by atoms with van der Waals surface area (Å²) in [7, 11) is -2.36. The third-order valence-corrected chi connectivity index (χ3v) is 14.1. The number of para-hydroxylation sites is 1. The molecule has 4 aromatic rings. The Bertz CT molecular complexity index is 1770. The van der Waals surface area contributed by atoms with Crippen LogP contribution in [0.1, 0.15) is 43.2 Å². The number of hydrogen-bond donors (Lipinski definition) is 0. The van der Waals surface area contributed by atoms with E-state index in [1.807, 2.05) is 23.1 Å². The summed E-state index contributed by atoms with van der Waals surface area (Å²) < 4.78 is 46.5. The van der Waals surface area contributed by atoms with Crippen molar-refractivity contribution in [1.29, 1.82) is 0 Å². The minimum atomic E-state index is -4.57. The molecule has 0 fully saturated rings. The SMILES string of the molecule is CC1(C(F)(F)F)c2cc(C=C3C(=O)c4ccccc4C3=O)[se]c2N2c3ncccc3[Si](C)(C)c3cccc1c32. The van der Waals surface area contributed by atoms with E-state index in [2.05, 4.69) is 13.1 Å². The Labute approximate surface area is 229 Å². The van der Waals surface area contributed by atoms with Gasteiger partial charge in [0.1, 0.15) is 0 Å². The summed E-state index contributed by atoms with van der Waals surface area (Å²) in [4.78, 5) is 32.8. The van der Waals surface area contributed by atoms with Gasteiger partial charge >= 0.3 is 230 Å². The number of allylic oxidation sites excluding steroid dienone is 1. The van der Waals surface area contributed by atoms with Crippen molar-refractivity contribution in [1.82, 2.24) is 4.98 Å². The Balaban J connectivity index is 1.51. The van der Waals surface area contributed by atoms with Gasteiger partial charge in [0.15, 0.2) is 0 Å². The molecule has 7 rings (SSSR count). The second-order valence-corrected chi connectivity index (χ2v) is 17.3. The van der Waals surface area contributed by atoms with E-state index < -0.39 is 34.2 Å². The first-order chi connectivity index (χ1) is 18.5. The van der Waals surface area contributed by atoms with Gasteiger partial charge in [0.2, 0.25) is 0 Å². The summed E-state index contributed by atoms with van der Waals surface area (Å²) >= 11 is -0.604. The van der Waals surface area contributed by atoms with Gasteiger partial charge in [-0.05, 0) is 0 Å². The molecule has 3 aliphatic rings. The normalized spacial score (nSPS) is 20.4. The van der Waals surface area contributed by atoms with Crippen molar-refractivity contribution in [2.75, 3.05) is 4.90 Å². The van der Waals surface area contributed by atoms with E-state index in [9.17, 15) is 9.59 Å². The van der Waals surface area contributed by atoms with Crippen molar-refractivity contribution in [2.24, 2.45) is 0 Å². The number of alkyl halides is 3. The third kappa shape index (κ3) is 3.03. The Morgan fingerprint density at radius 2 is 1.59 bits per heavy atom. The van der Waals surface area contributed by atoms with Crippen LogP contribution in [0.5, 0.6) is 0 Å². The zero-order valence-electron chi connectivity index (χ0n) is 21.2. The molecule has 9 heteroatoms. The molecule has 1 unspecified atom stereocenters. The fraction of sp³-hybridized carbons (Fsp3) is 0.167. The van der Waals surface area contributed by atoms with Gasteiger partial charge in [-0.3, -0.25) is 0 Å². The molecule has 0 saturated heterocycles. The molecule has 0 N–H and O–H groups in total. The van der Waals surface area contributed by atoms with Gasteiger partial charge < -0.3 is 0 Å². The average Bonchev–Trinajstić information content (AvgIpc) is 3.43. The predicted molar refractivity (Wildman–Crippen MR) is 148 cm³/mol. The zero-order chi connectivity index (χ0) is 27.5. The molecule has 0 spiro atoms. The van der Waals surface area contributed by atoms with E-state index >= 15 is 13.2 Å². The number of rotatable bonds is 1. The number of ketones is 2. The number of nitrogens with zero attached hydrogens (tertiary/aromatic N) is 2. The first-order valence-electron chi connectivity index (χ1n) is 12.5. The summed E-state index contributed by atoms with van der Waals surface area (Å²) in [6, 6.07) is 17.3. The van der Waals surface area contributed by atoms with Crippen LogP contribution in [0.25, 0.3) is 6.08 Å². The maximum atomic E-state index is 15.1. The van der Waals surface area contributed by atoms with Crippen molar-refractivity contribution in [3.05, 3.63) is 99.1 Å². The van der Waals surface area contributed by atoms with Gasteiger partial charge in [0, 0.05) is 0 Å². The van der Waals surface area contributed by atoms with E-state index in [1.54, 1.807) is 48.7 Å². The van der Waals surface area contributed by atoms with Crippen LogP contribution in [0.4, 0.5) is 29.2 Å². The molecule has 39 heavy (non-hydrogen) atoms. The molecular formula is C30H21F3N2O2SeSi. The number of pyridine rings is 1. The van der Waals surface area contributed by atoms with Crippen molar-refractivity contribution in [3.63, 3.8) is 0 Å². The number of carbonyl (C=O) groups is 2. The standard InChI is InChI=1S/C30H21F3N2O2SeSi/c1-29(30(31,32)33)20-10-6-11-22-24(20)35(27-23(39(22,2)3)12-7-13-34-27)28-21(29)15-16(38-28)14-19-25(36)17-8-4-5-9-18(17)26(19)37/h4-15H,1-3H3. The quantitative estimate of drug-likeness (QED) is 0.166. The fourth-order valence-corrected chi connectivity index (χ4v) is 11.6. The molecule has 4 nitrogen and oxygen atoms in total. The Kier molecular flexibility index (Phi) is 4.89. The van der Waals surface area contributed by atoms with Crippen LogP contribution in [0.2, 0.25) is 13.1 Å². The summed E-state index contributed by atoms with van der Waals surface area (Å²) in [5.41, 5.74) is -0.641. The van der Waals surface area contributed by atoms with Crippen molar-refractivity contribution in [3.8, 4) is 0 Å². The number of halogens is 3. The summed E-state index contributed by atoms with van der Waals surface area (Å²) in [5.74, 6) is -0.103. The minimum absolute atomic E-state index is 0.00166. The van der Waals surface area contributed by atoms with Crippen LogP contribution < -0.4 is 15.3 Å². The Morgan fingerprint density at radius 3 is 2.26 bits per heavy atom. The number of aromatic nitrogens is 1. The number of anilines is 3. The number of hydrogen-bond acceptors (Lipinski definition) is 4. The van der Waals surface area contributed by atoms with Crippen LogP contribution in [0, 0.1) is 0 Å². The molecule has 4 heterocycles. The van der Waals surface area contributed by atoms with Crippen molar-refractivity contribution < 1.29 is 22.8 Å². The van der Waals surface area contributed by atoms with Gasteiger partial charge in [0.25, 0.3) is 0 Å². The maximum absolute atomic E-state index is 15.1. The van der Waals surface area contributed by atoms with Crippen LogP contribution in [-0.4, -0.2) is 45.3 Å². The third-order valence-electron chi connectivity index (χ3n) is 8.38. The molecule has 0 radical (unpaired) electrons. The van der Waals surface area contributed by atoms with Gasteiger partial charge in [-0.25, -0.2) is 0 Å². The van der Waals surface area contributed by atoms with E-state index in [4.69, 9.17) is 4.98 Å². The van der Waals surface area contributed by atoms with Crippen molar-refractivity contribution >= 4 is 66.7 Å². The average molecular weight is 606 g/mol. The molecule has 2 aromatic heterocycles. The fourth-order valence-electron chi connectivity index (χ4n) is 6.20. The number of carbonyl (C=O) groups excluding carboxylic acids is 2. The first-order valence-corrected chi connectivity index (χ1v) is 17.2. The topological polar surface area (TPSA) is 50.3 Å². The summed E-state index contributed by atoms with van der Waals surface area (Å²) in [6.45, 7) is 5.55. The van der Waals surface area contributed by atoms with Gasteiger partial charge in [-0.2, -0.15) is 0 Å². The van der Waals surface area contributed by atoms with Crippen LogP contribution in [0.15, 0.2) is 72.4 Å². The molecule has 0 saturated carbocycles. The number of fused-ring (bicyclic) bond motifs is 5. The molecule has 2 aromatic carbocycles. The predicted octanol–water partition coefficient (Wildman–Crippen LogP) is 5.39. The van der Waals surface area contributed by atoms with Crippen LogP contribution in [0.3, 0.4) is 0 Å². The second kappa shape index (κ2) is 7.78. The van der Waals surface area contributed by atoms with E-state index in [0.717, 1.165) is 10.4 Å². The van der Waals surface area contributed by atoms with Crippen LogP contribution >= 0.6 is 0 Å². The molecule has 1 atom stereocenters. The second-order valence-electron chi connectivity index (χ2n) is 10.8. The van der Waals surface area contributed by atoms with Gasteiger partial charge in [-0.1, -0.05) is 0 Å². The molecular weight excluding hydrogens is 584 g/mol. The van der Waals surface area contributed by atoms with Gasteiger partial charge in [-0.15, -0.1) is 0 Å². The number of benzene rings is 2. The van der Waals surface area contributed by atoms with Gasteiger partial charge in [0.05, 0.1) is 0 Å². The molecule has 1 aliphatic carbocycles. The van der Waals surface area contributed by atoms with Crippen molar-refractivity contribution in [2.45, 2.75) is 31.6 Å². The number of Topliss-reactive ketones (excluding diaryl/α,β-unsaturated/α-hetero) is 2. The molecule has 2 aliphatic heterocycles. The monoisotopic (exact) mass is 606 g/mol. The van der Waals surface area contributed by atoms with E-state index in [1.165, 1.54) is 13.0 Å². The first kappa shape index (κ1) is 24.5.